The molecule has 0 aromatic rings. The number of hydrogen-bond acceptors (Lipinski definition) is 10. The molecule has 3 fully saturated rings. The van der Waals surface area contributed by atoms with Gasteiger partial charge < -0.3 is 31.3 Å². The Morgan fingerprint density at radius 2 is 1.54 bits per heavy atom. The number of rotatable bonds is 19. The molecule has 52 heavy (non-hydrogen) atoms. The van der Waals surface area contributed by atoms with Crippen LogP contribution in [-0.4, -0.2) is 102 Å². The Morgan fingerprint density at radius 1 is 0.904 bits per heavy atom. The molecule has 1 heterocycles. The number of thioether (sulfide) groups is 1. The topological polar surface area (TPSA) is 211 Å². The van der Waals surface area contributed by atoms with Crippen molar-refractivity contribution in [3.63, 3.8) is 0 Å². The summed E-state index contributed by atoms with van der Waals surface area (Å²) < 4.78 is 4.57. The van der Waals surface area contributed by atoms with Gasteiger partial charge in [0.25, 0.3) is 0 Å². The first kappa shape index (κ1) is 42.7. The predicted molar refractivity (Wildman–Crippen MR) is 195 cm³/mol. The molecular weight excluding hydrogens is 690 g/mol. The molecule has 1 aliphatic heterocycles. The molecule has 1 saturated heterocycles. The van der Waals surface area contributed by atoms with Crippen LogP contribution in [0.5, 0.6) is 0 Å². The van der Waals surface area contributed by atoms with Crippen LogP contribution in [0.3, 0.4) is 0 Å². The third-order valence-electron chi connectivity index (χ3n) is 10.5. The average Bonchev–Trinajstić information content (AvgIpc) is 3.53. The van der Waals surface area contributed by atoms with Gasteiger partial charge in [-0.25, -0.2) is 4.79 Å². The second-order valence-electron chi connectivity index (χ2n) is 14.3. The number of carbonyl (C=O) groups is 8. The number of methoxy groups -OCH3 is 1. The molecule has 0 bridgehead atoms. The number of nitrogens with one attached hydrogen (secondary N) is 3. The highest BCUT2D eigenvalue weighted by Crippen LogP contribution is 2.34. The van der Waals surface area contributed by atoms with Crippen LogP contribution in [0.1, 0.15) is 103 Å². The summed E-state index contributed by atoms with van der Waals surface area (Å²) >= 11 is 1.45. The highest BCUT2D eigenvalue weighted by atomic mass is 32.2. The Morgan fingerprint density at radius 3 is 2.12 bits per heavy atom. The van der Waals surface area contributed by atoms with Gasteiger partial charge in [0.2, 0.25) is 29.5 Å². The smallest absolute Gasteiger partial charge is 0.330 e. The lowest BCUT2D eigenvalue weighted by Gasteiger charge is -2.34. The highest BCUT2D eigenvalue weighted by Gasteiger charge is 2.44. The van der Waals surface area contributed by atoms with Gasteiger partial charge in [-0.15, -0.1) is 0 Å². The molecule has 5 amide bonds. The van der Waals surface area contributed by atoms with Crippen LogP contribution in [0.2, 0.25) is 0 Å². The van der Waals surface area contributed by atoms with Crippen molar-refractivity contribution in [2.45, 2.75) is 127 Å². The van der Waals surface area contributed by atoms with Gasteiger partial charge in [-0.1, -0.05) is 44.6 Å². The predicted octanol–water partition coefficient (Wildman–Crippen LogP) is 2.11. The van der Waals surface area contributed by atoms with Crippen LogP contribution in [0.15, 0.2) is 12.2 Å². The molecule has 2 aliphatic carbocycles. The van der Waals surface area contributed by atoms with Gasteiger partial charge in [-0.05, 0) is 68.8 Å². The quantitative estimate of drug-likeness (QED) is 0.112. The fourth-order valence-electron chi connectivity index (χ4n) is 7.70. The highest BCUT2D eigenvalue weighted by molar-refractivity contribution is 7.98. The molecule has 0 radical (unpaired) electrons. The van der Waals surface area contributed by atoms with E-state index in [1.54, 1.807) is 0 Å². The fraction of sp³-hybridized carbons (Fsp3) is 0.730. The minimum absolute atomic E-state index is 0.0217. The van der Waals surface area contributed by atoms with Crippen molar-refractivity contribution in [2.24, 2.45) is 23.5 Å². The zero-order valence-corrected chi connectivity index (χ0v) is 31.6. The normalized spacial score (nSPS) is 20.8. The number of ether oxygens (including phenoxy) is 1. The van der Waals surface area contributed by atoms with Crippen LogP contribution < -0.4 is 21.7 Å². The number of carbonyl (C=O) groups excluding carboxylic acids is 8. The number of ketones is 2. The van der Waals surface area contributed by atoms with E-state index in [1.165, 1.54) is 42.8 Å². The van der Waals surface area contributed by atoms with E-state index in [2.05, 4.69) is 20.7 Å². The molecule has 0 aromatic heterocycles. The minimum atomic E-state index is -1.19. The van der Waals surface area contributed by atoms with Gasteiger partial charge in [0, 0.05) is 31.8 Å². The molecule has 3 rings (SSSR count). The number of allylic oxidation sites excluding steroid dienone is 1. The first-order valence-corrected chi connectivity index (χ1v) is 20.0. The number of hydrogen-bond donors (Lipinski definition) is 4. The summed E-state index contributed by atoms with van der Waals surface area (Å²) in [6.07, 6.45) is 13.8. The van der Waals surface area contributed by atoms with Crippen LogP contribution in [0.25, 0.3) is 0 Å². The van der Waals surface area contributed by atoms with Crippen LogP contribution in [0, 0.1) is 17.8 Å². The second kappa shape index (κ2) is 21.7. The summed E-state index contributed by atoms with van der Waals surface area (Å²) in [6.45, 7) is 0.929. The largest absolute Gasteiger partial charge is 0.466 e. The summed E-state index contributed by atoms with van der Waals surface area (Å²) in [6, 6.07) is -4.20. The van der Waals surface area contributed by atoms with Crippen LogP contribution in [-0.2, 0) is 43.1 Å². The minimum Gasteiger partial charge on any atom is -0.466 e. The maximum atomic E-state index is 14.1. The Hall–Kier alpha value is -3.75. The molecule has 5 N–H and O–H groups in total. The molecule has 2 saturated carbocycles. The molecule has 15 heteroatoms. The summed E-state index contributed by atoms with van der Waals surface area (Å²) in [4.78, 5) is 105. The van der Waals surface area contributed by atoms with Gasteiger partial charge in [0.1, 0.15) is 18.1 Å². The maximum Gasteiger partial charge on any atom is 0.330 e. The third-order valence-corrected chi connectivity index (χ3v) is 11.1. The Labute approximate surface area is 310 Å². The van der Waals surface area contributed by atoms with Crippen molar-refractivity contribution >= 4 is 58.8 Å². The lowest BCUT2D eigenvalue weighted by atomic mass is 9.75. The summed E-state index contributed by atoms with van der Waals surface area (Å²) in [7, 11) is 1.24. The standard InChI is InChI=1S/C37H57N5O9S/c1-23(43)39-28(16-10-11-17-32(46)51-2)35(48)40-29(18-19-52-3)37(50)42-22-26(44)20-30(42)36(49)41-33(25-14-8-5-9-15-25)31(45)21-27(34(38)47)24-12-6-4-7-13-24/h11,17,24-25,27-30,33H,4-10,12-16,18-22H2,1-3H3,(H2,38,47)(H,39,43)(H,40,48)(H,41,49)/b17-11+/t27-,28-,29-,30-,33-/m0/s1. The Balaban J connectivity index is 1.79. The number of amides is 5. The first-order valence-electron chi connectivity index (χ1n) is 18.6. The van der Waals surface area contributed by atoms with E-state index in [1.807, 2.05) is 6.26 Å². The van der Waals surface area contributed by atoms with Gasteiger partial charge in [-0.2, -0.15) is 11.8 Å². The van der Waals surface area contributed by atoms with E-state index in [-0.39, 0.29) is 62.1 Å². The molecule has 0 spiro atoms. The van der Waals surface area contributed by atoms with Crippen molar-refractivity contribution in [3.8, 4) is 0 Å². The Kier molecular flexibility index (Phi) is 17.8. The van der Waals surface area contributed by atoms with Crippen molar-refractivity contribution in [1.29, 1.82) is 0 Å². The molecule has 5 atom stereocenters. The average molecular weight is 748 g/mol. The molecule has 14 nitrogen and oxygen atoms in total. The van der Waals surface area contributed by atoms with E-state index in [9.17, 15) is 38.4 Å². The lowest BCUT2D eigenvalue weighted by molar-refractivity contribution is -0.143. The monoisotopic (exact) mass is 747 g/mol. The van der Waals surface area contributed by atoms with E-state index in [4.69, 9.17) is 5.73 Å². The van der Waals surface area contributed by atoms with Gasteiger partial charge in [-0.3, -0.25) is 33.6 Å². The lowest BCUT2D eigenvalue weighted by Crippen LogP contribution is -2.58. The number of nitrogens with two attached hydrogens (primary N) is 1. The van der Waals surface area contributed by atoms with Crippen molar-refractivity contribution in [2.75, 3.05) is 25.7 Å². The molecule has 290 valence electrons. The van der Waals surface area contributed by atoms with Crippen molar-refractivity contribution < 1.29 is 43.1 Å². The first-order chi connectivity index (χ1) is 24.9. The number of Topliss-reactive ketones (excluding diaryl/α,β-unsaturated/α-hetero) is 2. The Bertz CT molecular complexity index is 1330. The van der Waals surface area contributed by atoms with Crippen molar-refractivity contribution in [1.82, 2.24) is 20.9 Å². The van der Waals surface area contributed by atoms with E-state index < -0.39 is 65.6 Å². The zero-order valence-electron chi connectivity index (χ0n) is 30.8. The fourth-order valence-corrected chi connectivity index (χ4v) is 8.18. The van der Waals surface area contributed by atoms with E-state index >= 15 is 0 Å². The van der Waals surface area contributed by atoms with Gasteiger partial charge in [0.05, 0.1) is 19.7 Å². The molecule has 0 unspecified atom stereocenters. The maximum absolute atomic E-state index is 14.1. The third kappa shape index (κ3) is 13.0. The molecular formula is C37H57N5O9S. The van der Waals surface area contributed by atoms with Gasteiger partial charge >= 0.3 is 5.97 Å². The summed E-state index contributed by atoms with van der Waals surface area (Å²) in [5.74, 6) is -4.26. The van der Waals surface area contributed by atoms with Crippen LogP contribution >= 0.6 is 11.8 Å². The number of primary amides is 1. The van der Waals surface area contributed by atoms with E-state index in [0.717, 1.165) is 64.2 Å². The SMILES string of the molecule is COC(=O)/C=C/CC[C@H](NC(C)=O)C(=O)N[C@@H](CCSC)C(=O)N1CC(=O)C[C@H]1C(=O)N[C@H](C(=O)C[C@H](C(N)=O)C1CCCCC1)C1CCCCC1. The van der Waals surface area contributed by atoms with E-state index in [0.29, 0.717) is 5.75 Å². The van der Waals surface area contributed by atoms with Gasteiger partial charge in [0.15, 0.2) is 11.6 Å². The molecule has 3 aliphatic rings. The number of likely N-dealkylation sites (tertiary alicyclic amines) is 1. The number of esters is 1. The second-order valence-corrected chi connectivity index (χ2v) is 15.3. The summed E-state index contributed by atoms with van der Waals surface area (Å²) in [5.41, 5.74) is 5.82. The molecule has 0 aromatic carbocycles. The number of nitrogens with zero attached hydrogens (tertiary/aromatic N) is 1. The van der Waals surface area contributed by atoms with Crippen molar-refractivity contribution in [3.05, 3.63) is 12.2 Å². The van der Waals surface area contributed by atoms with Crippen LogP contribution in [0.4, 0.5) is 0 Å². The summed E-state index contributed by atoms with van der Waals surface area (Å²) in [5, 5.41) is 8.23. The zero-order chi connectivity index (χ0) is 38.2.